The number of fused-ring (bicyclic) bond motifs is 2. The van der Waals surface area contributed by atoms with Gasteiger partial charge >= 0.3 is 0 Å². The van der Waals surface area contributed by atoms with E-state index >= 15 is 9.13 Å². The van der Waals surface area contributed by atoms with Crippen molar-refractivity contribution in [2.45, 2.75) is 69.2 Å². The molecule has 0 fully saturated rings. The molecule has 0 bridgehead atoms. The van der Waals surface area contributed by atoms with Crippen LogP contribution in [0.2, 0.25) is 0 Å². The van der Waals surface area contributed by atoms with Crippen LogP contribution < -0.4 is 79.2 Å². The lowest BCUT2D eigenvalue weighted by Gasteiger charge is -2.29. The molecule has 0 radical (unpaired) electrons. The first kappa shape index (κ1) is 48.2. The number of hydrogen-bond donors (Lipinski definition) is 0. The molecule has 0 saturated carbocycles. The van der Waals surface area contributed by atoms with E-state index in [0.717, 1.165) is 44.5 Å². The van der Waals surface area contributed by atoms with E-state index in [9.17, 15) is 0 Å². The van der Waals surface area contributed by atoms with Gasteiger partial charge in [0.05, 0.1) is 47.0 Å². The van der Waals surface area contributed by atoms with Gasteiger partial charge in [0.25, 0.3) is 0 Å². The molecule has 0 N–H and O–H groups in total. The molecule has 0 amide bonds. The molecule has 0 aliphatic carbocycles. The van der Waals surface area contributed by atoms with Gasteiger partial charge in [-0.05, 0) is 174 Å². The Kier molecular flexibility index (Phi) is 13.3. The molecule has 12 nitrogen and oxygen atoms in total. The Morgan fingerprint density at radius 1 is 0.412 bits per heavy atom. The van der Waals surface area contributed by atoms with Gasteiger partial charge in [-0.2, -0.15) is 0 Å². The summed E-state index contributed by atoms with van der Waals surface area (Å²) in [4.78, 5) is 0. The first-order valence-corrected chi connectivity index (χ1v) is 26.0. The Hall–Kier alpha value is -6.22. The lowest BCUT2D eigenvalue weighted by atomic mass is 10.0. The lowest BCUT2D eigenvalue weighted by molar-refractivity contribution is 0.169. The number of hydrogen-bond acceptors (Lipinski definition) is 12. The molecule has 2 aliphatic heterocycles. The fourth-order valence-corrected chi connectivity index (χ4v) is 16.4. The second-order valence-electron chi connectivity index (χ2n) is 17.2. The van der Waals surface area contributed by atoms with E-state index in [-0.39, 0.29) is 44.0 Å². The predicted molar refractivity (Wildman–Crippen MR) is 269 cm³/mol. The quantitative estimate of drug-likeness (QED) is 0.0911. The molecule has 14 heteroatoms. The van der Waals surface area contributed by atoms with E-state index < -0.39 is 14.3 Å². The molecule has 2 heterocycles. The Morgan fingerprint density at radius 3 is 1.12 bits per heavy atom. The van der Waals surface area contributed by atoms with Gasteiger partial charge in [-0.1, -0.05) is 0 Å². The van der Waals surface area contributed by atoms with Gasteiger partial charge in [-0.25, -0.2) is 0 Å². The van der Waals surface area contributed by atoms with E-state index in [2.05, 4.69) is 0 Å². The highest BCUT2D eigenvalue weighted by Gasteiger charge is 2.44. The maximum Gasteiger partial charge on any atom is 0.231 e. The van der Waals surface area contributed by atoms with Gasteiger partial charge in [-0.15, -0.1) is 0 Å². The molecule has 68 heavy (non-hydrogen) atoms. The van der Waals surface area contributed by atoms with Crippen LogP contribution in [0.3, 0.4) is 0 Å². The summed E-state index contributed by atoms with van der Waals surface area (Å²) in [6.45, 7) is 19.4. The second kappa shape index (κ2) is 18.7. The Balaban J connectivity index is 1.59. The van der Waals surface area contributed by atoms with Crippen LogP contribution in [0.25, 0.3) is 11.1 Å². The SMILES string of the molecule is CCOc1cc(P(=O)(c2cc(C)c(OC)c(C)c2)c2cc(C)c(OC)c(C)c2)c(-c2cc(P(=O)(c3cc(C)c(OC)c(C)c3)c3cc(C)c(OC)c(C)c3)c(OCC)c3c2OCO3)c2c1OCO2. The molecule has 0 unspecified atom stereocenters. The van der Waals surface area contributed by atoms with Crippen LogP contribution in [0, 0.1) is 55.4 Å². The minimum Gasteiger partial charge on any atom is -0.496 e. The number of aryl methyl sites for hydroxylation is 8. The molecule has 2 aliphatic rings. The summed E-state index contributed by atoms with van der Waals surface area (Å²) in [5, 5.41) is 2.87. The molecule has 0 spiro atoms. The van der Waals surface area contributed by atoms with Crippen molar-refractivity contribution in [3.63, 3.8) is 0 Å². The van der Waals surface area contributed by atoms with Crippen molar-refractivity contribution in [2.24, 2.45) is 0 Å². The van der Waals surface area contributed by atoms with E-state index in [4.69, 9.17) is 47.4 Å². The summed E-state index contributed by atoms with van der Waals surface area (Å²) < 4.78 is 96.5. The summed E-state index contributed by atoms with van der Waals surface area (Å²) in [6, 6.07) is 18.9. The van der Waals surface area contributed by atoms with E-state index in [1.807, 2.05) is 124 Å². The smallest absolute Gasteiger partial charge is 0.231 e. The van der Waals surface area contributed by atoms with Crippen molar-refractivity contribution >= 4 is 46.1 Å². The van der Waals surface area contributed by atoms with Crippen molar-refractivity contribution < 1.29 is 56.5 Å². The molecular weight excluding hydrogens is 903 g/mol. The predicted octanol–water partition coefficient (Wildman–Crippen LogP) is 9.39. The van der Waals surface area contributed by atoms with Crippen LogP contribution in [0.5, 0.6) is 57.5 Å². The van der Waals surface area contributed by atoms with Crippen molar-refractivity contribution in [3.8, 4) is 68.6 Å². The Bertz CT molecular complexity index is 2880. The maximum absolute atomic E-state index is 17.4. The molecule has 6 aromatic carbocycles. The summed E-state index contributed by atoms with van der Waals surface area (Å²) in [5.74, 6) is 4.52. The minimum atomic E-state index is -4.05. The first-order chi connectivity index (χ1) is 32.5. The Morgan fingerprint density at radius 2 is 0.750 bits per heavy atom. The highest BCUT2D eigenvalue weighted by molar-refractivity contribution is 7.86. The van der Waals surface area contributed by atoms with Crippen molar-refractivity contribution in [1.29, 1.82) is 0 Å². The maximum atomic E-state index is 17.4. The van der Waals surface area contributed by atoms with E-state index in [0.29, 0.717) is 83.2 Å². The van der Waals surface area contributed by atoms with Gasteiger partial charge in [0.15, 0.2) is 37.3 Å². The standard InChI is InChI=1S/C54H60O12P2/c1-15-61-42-26-43(67(55,37-17-29(3)46(57-11)30(4)18-37)38-19-31(5)47(58-12)32(6)20-38)45(53-51(42)64-28-65-53)41-25-44(52(62-16-2)54-50(41)63-27-66-54)68(56,39-21-33(7)48(59-13)34(8)22-39)40-23-35(9)49(60-14)36(10)24-40/h17-26H,15-16,27-28H2,1-14H3. The minimum absolute atomic E-state index is 0.144. The third-order valence-electron chi connectivity index (χ3n) is 12.8. The van der Waals surface area contributed by atoms with Gasteiger partial charge in [-0.3, -0.25) is 0 Å². The second-order valence-corrected chi connectivity index (χ2v) is 22.7. The normalized spacial score (nSPS) is 12.9. The van der Waals surface area contributed by atoms with Crippen molar-refractivity contribution in [2.75, 3.05) is 55.2 Å². The molecule has 358 valence electrons. The fraction of sp³-hybridized carbons (Fsp3) is 0.333. The molecule has 0 atom stereocenters. The van der Waals surface area contributed by atoms with Crippen LogP contribution in [0.4, 0.5) is 0 Å². The third-order valence-corrected chi connectivity index (χ3v) is 18.7. The monoisotopic (exact) mass is 962 g/mol. The molecule has 0 aromatic heterocycles. The zero-order valence-corrected chi connectivity index (χ0v) is 43.2. The number of methoxy groups -OCH3 is 4. The average molecular weight is 963 g/mol. The van der Waals surface area contributed by atoms with Crippen LogP contribution in [-0.2, 0) is 9.13 Å². The highest BCUT2D eigenvalue weighted by Crippen LogP contribution is 2.60. The van der Waals surface area contributed by atoms with Crippen LogP contribution in [0.15, 0.2) is 60.7 Å². The first-order valence-electron chi connectivity index (χ1n) is 22.6. The van der Waals surface area contributed by atoms with Gasteiger partial charge < -0.3 is 56.5 Å². The van der Waals surface area contributed by atoms with Crippen LogP contribution >= 0.6 is 14.3 Å². The van der Waals surface area contributed by atoms with Crippen LogP contribution in [-0.4, -0.2) is 55.2 Å². The topological polar surface area (TPSA) is 126 Å². The largest absolute Gasteiger partial charge is 0.496 e. The summed E-state index contributed by atoms with van der Waals surface area (Å²) in [6.07, 6.45) is 0. The lowest BCUT2D eigenvalue weighted by Crippen LogP contribution is -2.29. The molecular formula is C54H60O12P2. The fourth-order valence-electron chi connectivity index (χ4n) is 10.1. The molecule has 8 rings (SSSR count). The number of ether oxygens (including phenoxy) is 10. The van der Waals surface area contributed by atoms with Gasteiger partial charge in [0.2, 0.25) is 25.1 Å². The molecule has 6 aromatic rings. The summed E-state index contributed by atoms with van der Waals surface area (Å²) >= 11 is 0. The number of rotatable bonds is 15. The van der Waals surface area contributed by atoms with Gasteiger partial charge in [0, 0.05) is 37.6 Å². The van der Waals surface area contributed by atoms with Crippen LogP contribution in [0.1, 0.15) is 58.4 Å². The highest BCUT2D eigenvalue weighted by atomic mass is 31.2. The van der Waals surface area contributed by atoms with Crippen molar-refractivity contribution in [1.82, 2.24) is 0 Å². The molecule has 0 saturated heterocycles. The average Bonchev–Trinajstić information content (AvgIpc) is 4.00. The Labute approximate surface area is 399 Å². The van der Waals surface area contributed by atoms with Gasteiger partial charge in [0.1, 0.15) is 23.0 Å². The zero-order chi connectivity index (χ0) is 49.0. The van der Waals surface area contributed by atoms with Crippen molar-refractivity contribution in [3.05, 3.63) is 105 Å². The zero-order valence-electron chi connectivity index (χ0n) is 41.4. The van der Waals surface area contributed by atoms with E-state index in [1.165, 1.54) is 0 Å². The number of benzene rings is 6. The summed E-state index contributed by atoms with van der Waals surface area (Å²) in [7, 11) is -1.55. The summed E-state index contributed by atoms with van der Waals surface area (Å²) in [5.41, 5.74) is 7.21. The third kappa shape index (κ3) is 7.70. The van der Waals surface area contributed by atoms with E-state index in [1.54, 1.807) is 34.5 Å².